The zero-order valence-corrected chi connectivity index (χ0v) is 16.2. The Labute approximate surface area is 161 Å². The number of ether oxygens (including phenoxy) is 3. The summed E-state index contributed by atoms with van der Waals surface area (Å²) >= 11 is 1.36. The molecule has 0 spiro atoms. The number of fused-ring (bicyclic) bond motifs is 1. The lowest BCUT2D eigenvalue weighted by molar-refractivity contribution is -0.131. The maximum atomic E-state index is 12.7. The number of hydrogen-bond acceptors (Lipinski definition) is 7. The van der Waals surface area contributed by atoms with Crippen LogP contribution in [0.1, 0.15) is 16.1 Å². The summed E-state index contributed by atoms with van der Waals surface area (Å²) < 4.78 is 15.1. The highest BCUT2D eigenvalue weighted by Crippen LogP contribution is 2.30. The van der Waals surface area contributed by atoms with Crippen molar-refractivity contribution in [3.8, 4) is 11.5 Å². The van der Waals surface area contributed by atoms with Crippen molar-refractivity contribution in [2.75, 3.05) is 33.2 Å². The maximum absolute atomic E-state index is 12.7. The van der Waals surface area contributed by atoms with Crippen molar-refractivity contribution in [2.24, 2.45) is 0 Å². The standard InChI is InChI=1S/C18H21N3O5S/c1-24-13-5-4-11(8-14(13)25-2)9-16(22)21-7-6-12-15(10-21)27-17(19-12)20-18(23)26-3/h4-5,8H,6-7,9-10H2,1-3H3,(H,19,20,23). The van der Waals surface area contributed by atoms with E-state index in [0.29, 0.717) is 36.1 Å². The second-order valence-electron chi connectivity index (χ2n) is 5.94. The lowest BCUT2D eigenvalue weighted by atomic mass is 10.1. The third-order valence-corrected chi connectivity index (χ3v) is 5.28. The Kier molecular flexibility index (Phi) is 5.80. The topological polar surface area (TPSA) is 90.0 Å². The predicted octanol–water partition coefficient (Wildman–Crippen LogP) is 2.47. The lowest BCUT2D eigenvalue weighted by Gasteiger charge is -2.26. The van der Waals surface area contributed by atoms with E-state index in [0.717, 1.165) is 16.1 Å². The fraction of sp³-hybridized carbons (Fsp3) is 0.389. The summed E-state index contributed by atoms with van der Waals surface area (Å²) in [4.78, 5) is 31.2. The maximum Gasteiger partial charge on any atom is 0.413 e. The summed E-state index contributed by atoms with van der Waals surface area (Å²) in [5.41, 5.74) is 1.78. The molecule has 1 N–H and O–H groups in total. The molecule has 2 heterocycles. The zero-order valence-electron chi connectivity index (χ0n) is 15.4. The number of hydrogen-bond donors (Lipinski definition) is 1. The Morgan fingerprint density at radius 2 is 2.00 bits per heavy atom. The van der Waals surface area contributed by atoms with E-state index in [4.69, 9.17) is 9.47 Å². The van der Waals surface area contributed by atoms with Gasteiger partial charge in [0, 0.05) is 17.8 Å². The molecule has 27 heavy (non-hydrogen) atoms. The van der Waals surface area contributed by atoms with Gasteiger partial charge in [-0.15, -0.1) is 0 Å². The van der Waals surface area contributed by atoms with Crippen molar-refractivity contribution in [3.05, 3.63) is 34.3 Å². The van der Waals surface area contributed by atoms with Gasteiger partial charge in [0.1, 0.15) is 0 Å². The first-order valence-electron chi connectivity index (χ1n) is 8.36. The molecular formula is C18H21N3O5S. The van der Waals surface area contributed by atoms with E-state index in [1.165, 1.54) is 18.4 Å². The normalized spacial score (nSPS) is 12.9. The van der Waals surface area contributed by atoms with Crippen LogP contribution in [0.4, 0.5) is 9.93 Å². The molecule has 0 saturated heterocycles. The van der Waals surface area contributed by atoms with Crippen molar-refractivity contribution in [2.45, 2.75) is 19.4 Å². The number of benzene rings is 1. The quantitative estimate of drug-likeness (QED) is 0.842. The number of methoxy groups -OCH3 is 3. The lowest BCUT2D eigenvalue weighted by Crippen LogP contribution is -2.36. The van der Waals surface area contributed by atoms with Gasteiger partial charge in [0.25, 0.3) is 0 Å². The van der Waals surface area contributed by atoms with E-state index in [2.05, 4.69) is 15.0 Å². The summed E-state index contributed by atoms with van der Waals surface area (Å²) in [5.74, 6) is 1.26. The van der Waals surface area contributed by atoms with Crippen molar-refractivity contribution in [3.63, 3.8) is 0 Å². The Morgan fingerprint density at radius 3 is 2.70 bits per heavy atom. The minimum absolute atomic E-state index is 0.0312. The molecule has 0 unspecified atom stereocenters. The number of aromatic nitrogens is 1. The van der Waals surface area contributed by atoms with Crippen molar-refractivity contribution < 1.29 is 23.8 Å². The molecule has 1 aromatic carbocycles. The van der Waals surface area contributed by atoms with Gasteiger partial charge in [0.05, 0.1) is 40.0 Å². The molecule has 1 aromatic heterocycles. The predicted molar refractivity (Wildman–Crippen MR) is 101 cm³/mol. The van der Waals surface area contributed by atoms with Crippen LogP contribution in [-0.2, 0) is 28.9 Å². The molecule has 0 saturated carbocycles. The van der Waals surface area contributed by atoms with Crippen LogP contribution in [0, 0.1) is 0 Å². The molecule has 1 aliphatic heterocycles. The number of carbonyl (C=O) groups is 2. The molecule has 0 bridgehead atoms. The van der Waals surface area contributed by atoms with Gasteiger partial charge in [-0.1, -0.05) is 17.4 Å². The third kappa shape index (κ3) is 4.30. The number of amides is 2. The van der Waals surface area contributed by atoms with E-state index in [1.54, 1.807) is 25.2 Å². The fourth-order valence-corrected chi connectivity index (χ4v) is 3.89. The van der Waals surface area contributed by atoms with Gasteiger partial charge in [-0.3, -0.25) is 10.1 Å². The molecule has 144 valence electrons. The second-order valence-corrected chi connectivity index (χ2v) is 7.02. The van der Waals surface area contributed by atoms with E-state index in [1.807, 2.05) is 12.1 Å². The van der Waals surface area contributed by atoms with E-state index < -0.39 is 6.09 Å². The van der Waals surface area contributed by atoms with E-state index in [9.17, 15) is 9.59 Å². The van der Waals surface area contributed by atoms with E-state index in [-0.39, 0.29) is 12.3 Å². The number of rotatable bonds is 5. The molecule has 0 aliphatic carbocycles. The minimum Gasteiger partial charge on any atom is -0.493 e. The van der Waals surface area contributed by atoms with Crippen LogP contribution in [0.3, 0.4) is 0 Å². The van der Waals surface area contributed by atoms with Crippen LogP contribution in [0.2, 0.25) is 0 Å². The number of thiazole rings is 1. The van der Waals surface area contributed by atoms with Crippen LogP contribution in [0.15, 0.2) is 18.2 Å². The zero-order chi connectivity index (χ0) is 19.4. The van der Waals surface area contributed by atoms with Crippen LogP contribution >= 0.6 is 11.3 Å². The molecule has 2 amide bonds. The van der Waals surface area contributed by atoms with Gasteiger partial charge in [-0.05, 0) is 17.7 Å². The fourth-order valence-electron chi connectivity index (χ4n) is 2.88. The Bertz CT molecular complexity index is 852. The van der Waals surface area contributed by atoms with Gasteiger partial charge < -0.3 is 19.1 Å². The SMILES string of the molecule is COC(=O)Nc1nc2c(s1)CN(C(=O)Cc1ccc(OC)c(OC)c1)CC2. The Balaban J connectivity index is 1.66. The van der Waals surface area contributed by atoms with Crippen LogP contribution < -0.4 is 14.8 Å². The highest BCUT2D eigenvalue weighted by atomic mass is 32.1. The summed E-state index contributed by atoms with van der Waals surface area (Å²) in [5, 5.41) is 3.06. The molecule has 2 aromatic rings. The van der Waals surface area contributed by atoms with Gasteiger partial charge in [0.15, 0.2) is 16.6 Å². The van der Waals surface area contributed by atoms with Crippen LogP contribution in [0.5, 0.6) is 11.5 Å². The molecule has 0 radical (unpaired) electrons. The first kappa shape index (κ1) is 19.0. The minimum atomic E-state index is -0.553. The Morgan fingerprint density at radius 1 is 1.22 bits per heavy atom. The van der Waals surface area contributed by atoms with Crippen LogP contribution in [-0.4, -0.2) is 49.8 Å². The van der Waals surface area contributed by atoms with Gasteiger partial charge in [-0.25, -0.2) is 9.78 Å². The van der Waals surface area contributed by atoms with E-state index >= 15 is 0 Å². The molecular weight excluding hydrogens is 370 g/mol. The number of nitrogens with zero attached hydrogens (tertiary/aromatic N) is 2. The first-order valence-corrected chi connectivity index (χ1v) is 9.18. The van der Waals surface area contributed by atoms with Crippen molar-refractivity contribution >= 4 is 28.5 Å². The first-order chi connectivity index (χ1) is 13.0. The summed E-state index contributed by atoms with van der Waals surface area (Å²) in [6, 6.07) is 5.47. The van der Waals surface area contributed by atoms with Crippen molar-refractivity contribution in [1.82, 2.24) is 9.88 Å². The van der Waals surface area contributed by atoms with Gasteiger partial charge >= 0.3 is 6.09 Å². The average molecular weight is 391 g/mol. The summed E-state index contributed by atoms with van der Waals surface area (Å²) in [6.45, 7) is 1.09. The largest absolute Gasteiger partial charge is 0.493 e. The molecule has 3 rings (SSSR count). The monoisotopic (exact) mass is 391 g/mol. The number of nitrogens with one attached hydrogen (secondary N) is 1. The number of carbonyl (C=O) groups excluding carboxylic acids is 2. The molecule has 8 nitrogen and oxygen atoms in total. The number of anilines is 1. The Hall–Kier alpha value is -2.81. The van der Waals surface area contributed by atoms with Crippen LogP contribution in [0.25, 0.3) is 0 Å². The highest BCUT2D eigenvalue weighted by molar-refractivity contribution is 7.15. The molecule has 9 heteroatoms. The molecule has 0 atom stereocenters. The van der Waals surface area contributed by atoms with Gasteiger partial charge in [0.2, 0.25) is 5.91 Å². The smallest absolute Gasteiger partial charge is 0.413 e. The molecule has 1 aliphatic rings. The van der Waals surface area contributed by atoms with Gasteiger partial charge in [-0.2, -0.15) is 0 Å². The summed E-state index contributed by atoms with van der Waals surface area (Å²) in [6.07, 6.45) is 0.385. The summed E-state index contributed by atoms with van der Waals surface area (Å²) in [7, 11) is 4.45. The average Bonchev–Trinajstić information content (AvgIpc) is 3.08. The molecule has 0 fully saturated rings. The third-order valence-electron chi connectivity index (χ3n) is 4.28. The second kappa shape index (κ2) is 8.26. The highest BCUT2D eigenvalue weighted by Gasteiger charge is 2.25. The van der Waals surface area contributed by atoms with Crippen molar-refractivity contribution in [1.29, 1.82) is 0 Å².